The van der Waals surface area contributed by atoms with Crippen LogP contribution in [-0.4, -0.2) is 29.4 Å². The summed E-state index contributed by atoms with van der Waals surface area (Å²) in [5.74, 6) is 0.211. The minimum atomic E-state index is -0.675. The van der Waals surface area contributed by atoms with Crippen molar-refractivity contribution in [3.05, 3.63) is 48.5 Å². The Morgan fingerprint density at radius 2 is 2.00 bits per heavy atom. The number of ether oxygens (including phenoxy) is 3. The maximum Gasteiger partial charge on any atom is 0.196 e. The van der Waals surface area contributed by atoms with Crippen molar-refractivity contribution >= 4 is 0 Å². The lowest BCUT2D eigenvalue weighted by molar-refractivity contribution is -0.281. The molecule has 0 aliphatic carbocycles. The van der Waals surface area contributed by atoms with Crippen LogP contribution < -0.4 is 4.74 Å². The van der Waals surface area contributed by atoms with Crippen molar-refractivity contribution in [2.24, 2.45) is 0 Å². The van der Waals surface area contributed by atoms with Gasteiger partial charge in [-0.1, -0.05) is 6.92 Å². The van der Waals surface area contributed by atoms with Gasteiger partial charge in [0.2, 0.25) is 0 Å². The standard InChI is InChI=1S/C18H24N2O3/c1-2-12-21-17-6-4-16(5-7-17)18(22-13-3-14-23-18)8-10-20-11-9-19-15-20/h4-7,9,11,15H,2-3,8,10,12-14H2,1H3. The van der Waals surface area contributed by atoms with Gasteiger partial charge in [0.1, 0.15) is 5.75 Å². The maximum atomic E-state index is 6.07. The molecule has 0 N–H and O–H groups in total. The van der Waals surface area contributed by atoms with Gasteiger partial charge in [0.15, 0.2) is 5.79 Å². The van der Waals surface area contributed by atoms with Gasteiger partial charge >= 0.3 is 0 Å². The molecule has 1 aromatic heterocycles. The summed E-state index contributed by atoms with van der Waals surface area (Å²) in [6, 6.07) is 8.07. The van der Waals surface area contributed by atoms with Crippen LogP contribution in [0, 0.1) is 0 Å². The van der Waals surface area contributed by atoms with E-state index in [1.165, 1.54) is 0 Å². The van der Waals surface area contributed by atoms with Gasteiger partial charge in [-0.25, -0.2) is 4.98 Å². The van der Waals surface area contributed by atoms with Gasteiger partial charge in [0.05, 0.1) is 26.1 Å². The van der Waals surface area contributed by atoms with Crippen molar-refractivity contribution in [1.82, 2.24) is 9.55 Å². The summed E-state index contributed by atoms with van der Waals surface area (Å²) in [6.45, 7) is 5.07. The van der Waals surface area contributed by atoms with Crippen molar-refractivity contribution in [2.45, 2.75) is 38.5 Å². The lowest BCUT2D eigenvalue weighted by Crippen LogP contribution is -2.39. The minimum absolute atomic E-state index is 0.675. The van der Waals surface area contributed by atoms with E-state index in [0.717, 1.165) is 56.9 Å². The molecular weight excluding hydrogens is 292 g/mol. The normalized spacial score (nSPS) is 17.1. The molecule has 0 spiro atoms. The number of hydrogen-bond donors (Lipinski definition) is 0. The molecule has 23 heavy (non-hydrogen) atoms. The van der Waals surface area contributed by atoms with Crippen LogP contribution in [0.15, 0.2) is 43.0 Å². The molecule has 1 fully saturated rings. The second-order valence-electron chi connectivity index (χ2n) is 5.73. The quantitative estimate of drug-likeness (QED) is 0.786. The highest BCUT2D eigenvalue weighted by molar-refractivity contribution is 5.30. The van der Waals surface area contributed by atoms with E-state index in [2.05, 4.69) is 11.9 Å². The van der Waals surface area contributed by atoms with Crippen LogP contribution in [0.5, 0.6) is 5.75 Å². The molecule has 2 aromatic rings. The summed E-state index contributed by atoms with van der Waals surface area (Å²) < 4.78 is 19.8. The van der Waals surface area contributed by atoms with Gasteiger partial charge in [-0.05, 0) is 37.1 Å². The monoisotopic (exact) mass is 316 g/mol. The van der Waals surface area contributed by atoms with Crippen LogP contribution in [0.2, 0.25) is 0 Å². The fourth-order valence-electron chi connectivity index (χ4n) is 2.75. The fraction of sp³-hybridized carbons (Fsp3) is 0.500. The molecule has 5 nitrogen and oxygen atoms in total. The smallest absolute Gasteiger partial charge is 0.196 e. The molecule has 0 saturated carbocycles. The molecule has 2 heterocycles. The molecule has 3 rings (SSSR count). The van der Waals surface area contributed by atoms with Crippen molar-refractivity contribution < 1.29 is 14.2 Å². The molecule has 0 unspecified atom stereocenters. The summed E-state index contributed by atoms with van der Waals surface area (Å²) in [7, 11) is 0. The number of aryl methyl sites for hydroxylation is 1. The first-order valence-electron chi connectivity index (χ1n) is 8.29. The molecule has 0 radical (unpaired) electrons. The van der Waals surface area contributed by atoms with Crippen molar-refractivity contribution in [3.63, 3.8) is 0 Å². The Balaban J connectivity index is 1.74. The van der Waals surface area contributed by atoms with Gasteiger partial charge in [0, 0.05) is 30.9 Å². The number of rotatable bonds is 7. The maximum absolute atomic E-state index is 6.07. The molecular formula is C18H24N2O3. The number of aromatic nitrogens is 2. The third kappa shape index (κ3) is 3.92. The van der Waals surface area contributed by atoms with Crippen LogP contribution in [-0.2, 0) is 21.8 Å². The Morgan fingerprint density at radius 3 is 2.65 bits per heavy atom. The van der Waals surface area contributed by atoms with Crippen LogP contribution >= 0.6 is 0 Å². The lowest BCUT2D eigenvalue weighted by atomic mass is 10.0. The van der Waals surface area contributed by atoms with Crippen molar-refractivity contribution in [1.29, 1.82) is 0 Å². The first-order chi connectivity index (χ1) is 11.3. The zero-order valence-corrected chi connectivity index (χ0v) is 13.6. The fourth-order valence-corrected chi connectivity index (χ4v) is 2.75. The van der Waals surface area contributed by atoms with Gasteiger partial charge in [0.25, 0.3) is 0 Å². The van der Waals surface area contributed by atoms with E-state index < -0.39 is 5.79 Å². The highest BCUT2D eigenvalue weighted by atomic mass is 16.7. The Morgan fingerprint density at radius 1 is 1.22 bits per heavy atom. The van der Waals surface area contributed by atoms with Crippen LogP contribution in [0.3, 0.4) is 0 Å². The van der Waals surface area contributed by atoms with E-state index >= 15 is 0 Å². The molecule has 1 aromatic carbocycles. The molecule has 1 aliphatic heterocycles. The van der Waals surface area contributed by atoms with E-state index in [9.17, 15) is 0 Å². The summed E-state index contributed by atoms with van der Waals surface area (Å²) in [5.41, 5.74) is 1.04. The van der Waals surface area contributed by atoms with Crippen LogP contribution in [0.1, 0.15) is 31.7 Å². The predicted octanol–water partition coefficient (Wildman–Crippen LogP) is 3.35. The summed E-state index contributed by atoms with van der Waals surface area (Å²) >= 11 is 0. The molecule has 0 amide bonds. The van der Waals surface area contributed by atoms with Gasteiger partial charge in [-0.3, -0.25) is 0 Å². The number of imidazole rings is 1. The molecule has 124 valence electrons. The van der Waals surface area contributed by atoms with Crippen LogP contribution in [0.25, 0.3) is 0 Å². The average molecular weight is 316 g/mol. The van der Waals surface area contributed by atoms with E-state index in [4.69, 9.17) is 14.2 Å². The Hall–Kier alpha value is -1.85. The zero-order valence-electron chi connectivity index (χ0n) is 13.6. The molecule has 1 aliphatic rings. The largest absolute Gasteiger partial charge is 0.494 e. The zero-order chi connectivity index (χ0) is 16.0. The molecule has 1 saturated heterocycles. The second kappa shape index (κ2) is 7.62. The van der Waals surface area contributed by atoms with E-state index in [-0.39, 0.29) is 0 Å². The second-order valence-corrected chi connectivity index (χ2v) is 5.73. The van der Waals surface area contributed by atoms with Crippen molar-refractivity contribution in [3.8, 4) is 5.75 Å². The predicted molar refractivity (Wildman–Crippen MR) is 87.3 cm³/mol. The van der Waals surface area contributed by atoms with Crippen LogP contribution in [0.4, 0.5) is 0 Å². The van der Waals surface area contributed by atoms with Gasteiger partial charge in [-0.15, -0.1) is 0 Å². The van der Waals surface area contributed by atoms with E-state index in [1.54, 1.807) is 6.20 Å². The lowest BCUT2D eigenvalue weighted by Gasteiger charge is -2.37. The summed E-state index contributed by atoms with van der Waals surface area (Å²) in [4.78, 5) is 4.09. The van der Waals surface area contributed by atoms with Gasteiger partial charge < -0.3 is 18.8 Å². The molecule has 5 heteroatoms. The molecule has 0 bridgehead atoms. The highest BCUT2D eigenvalue weighted by Crippen LogP contribution is 2.35. The third-order valence-electron chi connectivity index (χ3n) is 3.98. The SMILES string of the molecule is CCCOc1ccc(C2(CCn3ccnc3)OCCCO2)cc1. The third-order valence-corrected chi connectivity index (χ3v) is 3.98. The Labute approximate surface area is 137 Å². The summed E-state index contributed by atoms with van der Waals surface area (Å²) in [6.07, 6.45) is 8.25. The molecule has 0 atom stereocenters. The van der Waals surface area contributed by atoms with E-state index in [0.29, 0.717) is 0 Å². The average Bonchev–Trinajstić information content (AvgIpc) is 3.13. The Kier molecular flexibility index (Phi) is 5.31. The minimum Gasteiger partial charge on any atom is -0.494 e. The van der Waals surface area contributed by atoms with Crippen molar-refractivity contribution in [2.75, 3.05) is 19.8 Å². The number of nitrogens with zero attached hydrogens (tertiary/aromatic N) is 2. The summed E-state index contributed by atoms with van der Waals surface area (Å²) in [5, 5.41) is 0. The van der Waals surface area contributed by atoms with E-state index in [1.807, 2.05) is 41.4 Å². The topological polar surface area (TPSA) is 45.5 Å². The number of benzene rings is 1. The first-order valence-corrected chi connectivity index (χ1v) is 8.29. The number of hydrogen-bond acceptors (Lipinski definition) is 4. The van der Waals surface area contributed by atoms with Gasteiger partial charge in [-0.2, -0.15) is 0 Å². The Bertz CT molecular complexity index is 575. The highest BCUT2D eigenvalue weighted by Gasteiger charge is 2.36. The first kappa shape index (κ1) is 16.0.